The van der Waals surface area contributed by atoms with E-state index in [2.05, 4.69) is 50.5 Å². The highest BCUT2D eigenvalue weighted by molar-refractivity contribution is 8.87. The number of hydrogen-bond acceptors (Lipinski definition) is 8. The van der Waals surface area contributed by atoms with E-state index >= 15 is 0 Å². The molecule has 0 bridgehead atoms. The summed E-state index contributed by atoms with van der Waals surface area (Å²) in [5.41, 5.74) is 0. The molecular formula is C6H10O2S6. The third-order valence-corrected chi connectivity index (χ3v) is 4.74. The largest absolute Gasteiger partial charge is 0.284 e. The van der Waals surface area contributed by atoms with E-state index in [1.54, 1.807) is 13.8 Å². The smallest absolute Gasteiger partial charge is 0.225 e. The third kappa shape index (κ3) is 6.12. The summed E-state index contributed by atoms with van der Waals surface area (Å²) in [6, 6.07) is 0. The minimum absolute atomic E-state index is 0.298. The van der Waals surface area contributed by atoms with Crippen molar-refractivity contribution in [3.05, 3.63) is 0 Å². The van der Waals surface area contributed by atoms with Gasteiger partial charge in [-0.3, -0.25) is 9.59 Å². The molecule has 8 heteroatoms. The number of carbonyl (C=O) groups excluding carboxylic acids is 2. The van der Waals surface area contributed by atoms with Gasteiger partial charge in [0, 0.05) is 0 Å². The molecule has 0 fully saturated rings. The van der Waals surface area contributed by atoms with Crippen LogP contribution in [0.5, 0.6) is 0 Å². The van der Waals surface area contributed by atoms with Gasteiger partial charge in [-0.15, -0.1) is 0 Å². The Kier molecular flexibility index (Phi) is 6.26. The summed E-state index contributed by atoms with van der Waals surface area (Å²) in [7, 11) is 1.59. The SMILES string of the molecule is CC(S)(S)C(=O)SSC(=O)C(C)(S)S. The Morgan fingerprint density at radius 1 is 0.857 bits per heavy atom. The Labute approximate surface area is 113 Å². The van der Waals surface area contributed by atoms with Gasteiger partial charge in [0.1, 0.15) is 8.16 Å². The van der Waals surface area contributed by atoms with Gasteiger partial charge in [0.2, 0.25) is 10.2 Å². The van der Waals surface area contributed by atoms with E-state index in [1.807, 2.05) is 0 Å². The molecule has 0 aromatic carbocycles. The average molecular weight is 307 g/mol. The van der Waals surface area contributed by atoms with Gasteiger partial charge < -0.3 is 0 Å². The lowest BCUT2D eigenvalue weighted by Crippen LogP contribution is -2.20. The van der Waals surface area contributed by atoms with Crippen molar-refractivity contribution in [2.24, 2.45) is 0 Å². The number of thiol groups is 4. The standard InChI is InChI=1S/C6H10O2S6/c1-5(9,10)3(7)13-14-4(8)6(2,11)12/h9-12H,1-2H3. The fourth-order valence-corrected chi connectivity index (χ4v) is 3.44. The van der Waals surface area contributed by atoms with E-state index in [9.17, 15) is 9.59 Å². The predicted octanol–water partition coefficient (Wildman–Crippen LogP) is 2.57. The van der Waals surface area contributed by atoms with Crippen molar-refractivity contribution in [3.8, 4) is 0 Å². The van der Waals surface area contributed by atoms with Crippen molar-refractivity contribution in [3.63, 3.8) is 0 Å². The highest BCUT2D eigenvalue weighted by Crippen LogP contribution is 2.37. The molecule has 0 heterocycles. The molecule has 0 radical (unpaired) electrons. The van der Waals surface area contributed by atoms with Crippen molar-refractivity contribution in [1.29, 1.82) is 0 Å². The second-order valence-electron chi connectivity index (χ2n) is 2.78. The van der Waals surface area contributed by atoms with Crippen LogP contribution in [0.3, 0.4) is 0 Å². The molecule has 0 spiro atoms. The highest BCUT2D eigenvalue weighted by atomic mass is 33.1. The van der Waals surface area contributed by atoms with E-state index in [0.717, 1.165) is 21.6 Å². The van der Waals surface area contributed by atoms with Gasteiger partial charge in [-0.2, -0.15) is 50.5 Å². The third-order valence-electron chi connectivity index (χ3n) is 0.966. The summed E-state index contributed by atoms with van der Waals surface area (Å²) in [5.74, 6) is 0. The zero-order valence-corrected chi connectivity index (χ0v) is 12.6. The zero-order valence-electron chi connectivity index (χ0n) is 7.42. The minimum Gasteiger partial charge on any atom is -0.284 e. The van der Waals surface area contributed by atoms with Crippen LogP contribution in [0.2, 0.25) is 0 Å². The second-order valence-corrected chi connectivity index (χ2v) is 9.14. The normalized spacial score (nSPS) is 12.7. The zero-order chi connectivity index (χ0) is 11.6. The maximum atomic E-state index is 11.3. The van der Waals surface area contributed by atoms with E-state index < -0.39 is 8.16 Å². The van der Waals surface area contributed by atoms with E-state index in [-0.39, 0.29) is 10.2 Å². The molecule has 0 unspecified atom stereocenters. The first-order valence-corrected chi connectivity index (χ1v) is 7.32. The molecule has 82 valence electrons. The summed E-state index contributed by atoms with van der Waals surface area (Å²) in [6.07, 6.45) is 0. The van der Waals surface area contributed by atoms with Crippen LogP contribution in [0.4, 0.5) is 0 Å². The molecule has 0 aliphatic carbocycles. The molecule has 0 amide bonds. The predicted molar refractivity (Wildman–Crippen MR) is 78.0 cm³/mol. The Morgan fingerprint density at radius 2 is 1.07 bits per heavy atom. The molecule has 14 heavy (non-hydrogen) atoms. The summed E-state index contributed by atoms with van der Waals surface area (Å²) in [5, 5.41) is -0.595. The molecular weight excluding hydrogens is 296 g/mol. The molecule has 0 saturated carbocycles. The maximum Gasteiger partial charge on any atom is 0.225 e. The lowest BCUT2D eigenvalue weighted by atomic mass is 10.5. The molecule has 0 aromatic rings. The molecule has 0 N–H and O–H groups in total. The van der Waals surface area contributed by atoms with Crippen LogP contribution in [0.15, 0.2) is 0 Å². The molecule has 0 aliphatic heterocycles. The fourth-order valence-electron chi connectivity index (χ4n) is 0.234. The van der Waals surface area contributed by atoms with E-state index in [4.69, 9.17) is 0 Å². The summed E-state index contributed by atoms with van der Waals surface area (Å²) in [4.78, 5) is 22.6. The first-order chi connectivity index (χ1) is 6.05. The molecule has 0 saturated heterocycles. The lowest BCUT2D eigenvalue weighted by molar-refractivity contribution is -0.111. The Bertz CT molecular complexity index is 212. The van der Waals surface area contributed by atoms with Gasteiger partial charge in [0.05, 0.1) is 0 Å². The molecule has 0 aliphatic rings. The highest BCUT2D eigenvalue weighted by Gasteiger charge is 2.29. The van der Waals surface area contributed by atoms with E-state index in [0.29, 0.717) is 0 Å². The average Bonchev–Trinajstić information content (AvgIpc) is 1.95. The van der Waals surface area contributed by atoms with Crippen molar-refractivity contribution >= 4 is 82.3 Å². The summed E-state index contributed by atoms with van der Waals surface area (Å²) in [6.45, 7) is 3.08. The Morgan fingerprint density at radius 3 is 1.21 bits per heavy atom. The van der Waals surface area contributed by atoms with Crippen LogP contribution >= 0.6 is 72.1 Å². The van der Waals surface area contributed by atoms with Crippen LogP contribution in [0.1, 0.15) is 13.8 Å². The van der Waals surface area contributed by atoms with Crippen molar-refractivity contribution in [2.75, 3.05) is 0 Å². The Balaban J connectivity index is 4.10. The summed E-state index contributed by atoms with van der Waals surface area (Å²) < 4.78 is -2.08. The monoisotopic (exact) mass is 306 g/mol. The first-order valence-electron chi connectivity index (χ1n) is 3.38. The van der Waals surface area contributed by atoms with Gasteiger partial charge in [0.15, 0.2) is 0 Å². The van der Waals surface area contributed by atoms with Crippen LogP contribution in [-0.4, -0.2) is 18.4 Å². The van der Waals surface area contributed by atoms with Gasteiger partial charge in [-0.05, 0) is 35.4 Å². The number of rotatable bonds is 2. The Hall–Kier alpha value is 1.44. The molecule has 0 atom stereocenters. The van der Waals surface area contributed by atoms with Gasteiger partial charge >= 0.3 is 0 Å². The van der Waals surface area contributed by atoms with Gasteiger partial charge in [-0.25, -0.2) is 0 Å². The number of hydrogen-bond donors (Lipinski definition) is 4. The van der Waals surface area contributed by atoms with Gasteiger partial charge in [0.25, 0.3) is 0 Å². The topological polar surface area (TPSA) is 34.1 Å². The van der Waals surface area contributed by atoms with Crippen LogP contribution in [-0.2, 0) is 9.59 Å². The molecule has 0 aromatic heterocycles. The lowest BCUT2D eigenvalue weighted by Gasteiger charge is -2.15. The van der Waals surface area contributed by atoms with Crippen molar-refractivity contribution < 1.29 is 9.59 Å². The maximum absolute atomic E-state index is 11.3. The second kappa shape index (κ2) is 5.67. The quantitative estimate of drug-likeness (QED) is 0.359. The van der Waals surface area contributed by atoms with Crippen molar-refractivity contribution in [1.82, 2.24) is 0 Å². The van der Waals surface area contributed by atoms with Crippen LogP contribution < -0.4 is 0 Å². The summed E-state index contributed by atoms with van der Waals surface area (Å²) >= 11 is 15.8. The van der Waals surface area contributed by atoms with Crippen LogP contribution in [0, 0.1) is 0 Å². The first kappa shape index (κ1) is 15.4. The number of carbonyl (C=O) groups is 2. The van der Waals surface area contributed by atoms with E-state index in [1.165, 1.54) is 0 Å². The van der Waals surface area contributed by atoms with Crippen molar-refractivity contribution in [2.45, 2.75) is 22.0 Å². The van der Waals surface area contributed by atoms with Crippen LogP contribution in [0.25, 0.3) is 0 Å². The van der Waals surface area contributed by atoms with Gasteiger partial charge in [-0.1, -0.05) is 0 Å². The minimum atomic E-state index is -1.04. The molecule has 0 rings (SSSR count). The fraction of sp³-hybridized carbons (Fsp3) is 0.667. The molecule has 2 nitrogen and oxygen atoms in total.